The number of benzene rings is 1. The van der Waals surface area contributed by atoms with Crippen molar-refractivity contribution in [1.29, 1.82) is 0 Å². The van der Waals surface area contributed by atoms with Crippen LogP contribution in [0.1, 0.15) is 19.3 Å². The summed E-state index contributed by atoms with van der Waals surface area (Å²) in [4.78, 5) is 0. The second-order valence-electron chi connectivity index (χ2n) is 4.19. The van der Waals surface area contributed by atoms with Gasteiger partial charge >= 0.3 is 0 Å². The van der Waals surface area contributed by atoms with Gasteiger partial charge in [-0.25, -0.2) is 0 Å². The van der Waals surface area contributed by atoms with Crippen LogP contribution in [0.2, 0.25) is 0 Å². The minimum Gasteiger partial charge on any atom is -0.493 e. The second-order valence-corrected chi connectivity index (χ2v) is 4.19. The molecule has 0 atom stereocenters. The number of hydrogen-bond donors (Lipinski definition) is 1. The van der Waals surface area contributed by atoms with Gasteiger partial charge in [-0.1, -0.05) is 0 Å². The van der Waals surface area contributed by atoms with Crippen LogP contribution in [0.15, 0.2) is 12.1 Å². The molecular formula is C13H19NO3. The number of anilines is 1. The Bertz CT molecular complexity index is 363. The van der Waals surface area contributed by atoms with Crippen molar-refractivity contribution in [2.45, 2.75) is 25.3 Å². The maximum absolute atomic E-state index is 5.31. The summed E-state index contributed by atoms with van der Waals surface area (Å²) in [5.74, 6) is 2.01. The predicted octanol–water partition coefficient (Wildman–Crippen LogP) is 2.68. The van der Waals surface area contributed by atoms with E-state index in [0.29, 0.717) is 23.3 Å². The van der Waals surface area contributed by atoms with Crippen molar-refractivity contribution in [3.8, 4) is 17.2 Å². The fraction of sp³-hybridized carbons (Fsp3) is 0.538. The lowest BCUT2D eigenvalue weighted by Crippen LogP contribution is -2.26. The molecule has 0 radical (unpaired) electrons. The monoisotopic (exact) mass is 237 g/mol. The van der Waals surface area contributed by atoms with Crippen molar-refractivity contribution >= 4 is 5.69 Å². The van der Waals surface area contributed by atoms with Crippen molar-refractivity contribution in [2.75, 3.05) is 26.6 Å². The maximum atomic E-state index is 5.31. The van der Waals surface area contributed by atoms with Crippen molar-refractivity contribution in [2.24, 2.45) is 0 Å². The minimum absolute atomic E-state index is 0.581. The first-order valence-electron chi connectivity index (χ1n) is 5.85. The van der Waals surface area contributed by atoms with E-state index < -0.39 is 0 Å². The molecule has 0 saturated heterocycles. The molecule has 17 heavy (non-hydrogen) atoms. The van der Waals surface area contributed by atoms with E-state index in [4.69, 9.17) is 14.2 Å². The molecule has 0 heterocycles. The van der Waals surface area contributed by atoms with Crippen molar-refractivity contribution in [1.82, 2.24) is 0 Å². The minimum atomic E-state index is 0.581. The molecule has 0 unspecified atom stereocenters. The topological polar surface area (TPSA) is 39.7 Å². The van der Waals surface area contributed by atoms with E-state index in [1.54, 1.807) is 21.3 Å². The molecule has 1 saturated carbocycles. The normalized spacial score (nSPS) is 15.0. The lowest BCUT2D eigenvalue weighted by atomic mass is 9.93. The van der Waals surface area contributed by atoms with E-state index in [-0.39, 0.29) is 0 Å². The van der Waals surface area contributed by atoms with E-state index in [0.717, 1.165) is 5.69 Å². The Hall–Kier alpha value is -1.58. The highest BCUT2D eigenvalue weighted by molar-refractivity contribution is 5.62. The van der Waals surface area contributed by atoms with Crippen LogP contribution >= 0.6 is 0 Å². The Morgan fingerprint density at radius 3 is 1.94 bits per heavy atom. The number of rotatable bonds is 5. The van der Waals surface area contributed by atoms with Gasteiger partial charge in [0.1, 0.15) is 0 Å². The van der Waals surface area contributed by atoms with Gasteiger partial charge in [-0.3, -0.25) is 0 Å². The van der Waals surface area contributed by atoms with Crippen LogP contribution in [0.3, 0.4) is 0 Å². The largest absolute Gasteiger partial charge is 0.493 e. The van der Waals surface area contributed by atoms with Gasteiger partial charge in [0.15, 0.2) is 11.5 Å². The smallest absolute Gasteiger partial charge is 0.203 e. The van der Waals surface area contributed by atoms with Gasteiger partial charge in [0.2, 0.25) is 5.75 Å². The van der Waals surface area contributed by atoms with E-state index in [1.807, 2.05) is 12.1 Å². The first kappa shape index (κ1) is 11.9. The summed E-state index contributed by atoms with van der Waals surface area (Å²) >= 11 is 0. The lowest BCUT2D eigenvalue weighted by Gasteiger charge is -2.28. The van der Waals surface area contributed by atoms with Gasteiger partial charge in [0.05, 0.1) is 21.3 Å². The fourth-order valence-corrected chi connectivity index (χ4v) is 1.95. The zero-order chi connectivity index (χ0) is 12.3. The Morgan fingerprint density at radius 1 is 1.00 bits per heavy atom. The van der Waals surface area contributed by atoms with Crippen molar-refractivity contribution in [3.05, 3.63) is 12.1 Å². The van der Waals surface area contributed by atoms with E-state index in [9.17, 15) is 0 Å². The highest BCUT2D eigenvalue weighted by Crippen LogP contribution is 2.40. The average molecular weight is 237 g/mol. The van der Waals surface area contributed by atoms with Gasteiger partial charge in [-0.2, -0.15) is 0 Å². The van der Waals surface area contributed by atoms with E-state index in [2.05, 4.69) is 5.32 Å². The maximum Gasteiger partial charge on any atom is 0.203 e. The van der Waals surface area contributed by atoms with Crippen LogP contribution in [-0.4, -0.2) is 27.4 Å². The van der Waals surface area contributed by atoms with Crippen molar-refractivity contribution in [3.63, 3.8) is 0 Å². The Morgan fingerprint density at radius 2 is 1.59 bits per heavy atom. The standard InChI is InChI=1S/C13H19NO3/c1-15-11-7-10(14-9-5-4-6-9)8-12(16-2)13(11)17-3/h7-9,14H,4-6H2,1-3H3. The molecule has 0 spiro atoms. The second kappa shape index (κ2) is 5.17. The number of nitrogens with one attached hydrogen (secondary N) is 1. The molecule has 2 rings (SSSR count). The van der Waals surface area contributed by atoms with Gasteiger partial charge in [0.25, 0.3) is 0 Å². The molecule has 0 aliphatic heterocycles. The SMILES string of the molecule is COc1cc(NC2CCC2)cc(OC)c1OC. The Kier molecular flexibility index (Phi) is 3.61. The van der Waals surface area contributed by atoms with Crippen LogP contribution < -0.4 is 19.5 Å². The third kappa shape index (κ3) is 2.40. The predicted molar refractivity (Wildman–Crippen MR) is 67.4 cm³/mol. The number of ether oxygens (including phenoxy) is 3. The molecule has 1 N–H and O–H groups in total. The first-order chi connectivity index (χ1) is 8.28. The van der Waals surface area contributed by atoms with Gasteiger partial charge in [0, 0.05) is 23.9 Å². The molecule has 0 bridgehead atoms. The zero-order valence-corrected chi connectivity index (χ0v) is 10.6. The summed E-state index contributed by atoms with van der Waals surface area (Å²) in [5.41, 5.74) is 1.02. The Labute approximate surface area is 102 Å². The van der Waals surface area contributed by atoms with Crippen LogP contribution in [0.5, 0.6) is 17.2 Å². The number of methoxy groups -OCH3 is 3. The lowest BCUT2D eigenvalue weighted by molar-refractivity contribution is 0.324. The van der Waals surface area contributed by atoms with Crippen LogP contribution in [-0.2, 0) is 0 Å². The summed E-state index contributed by atoms with van der Waals surface area (Å²) in [7, 11) is 4.87. The van der Waals surface area contributed by atoms with Crippen LogP contribution in [0.4, 0.5) is 5.69 Å². The molecule has 0 aromatic heterocycles. The molecule has 1 aromatic rings. The van der Waals surface area contributed by atoms with Gasteiger partial charge in [-0.05, 0) is 19.3 Å². The molecule has 4 nitrogen and oxygen atoms in total. The van der Waals surface area contributed by atoms with Crippen molar-refractivity contribution < 1.29 is 14.2 Å². The molecule has 0 amide bonds. The van der Waals surface area contributed by atoms with Crippen LogP contribution in [0, 0.1) is 0 Å². The van der Waals surface area contributed by atoms with E-state index >= 15 is 0 Å². The summed E-state index contributed by atoms with van der Waals surface area (Å²) in [6.07, 6.45) is 3.77. The molecule has 4 heteroatoms. The third-order valence-corrected chi connectivity index (χ3v) is 3.14. The summed E-state index contributed by atoms with van der Waals surface area (Å²) in [5, 5.41) is 3.46. The molecule has 1 aromatic carbocycles. The van der Waals surface area contributed by atoms with Gasteiger partial charge < -0.3 is 19.5 Å². The third-order valence-electron chi connectivity index (χ3n) is 3.14. The average Bonchev–Trinajstić information content (AvgIpc) is 2.32. The van der Waals surface area contributed by atoms with Crippen LogP contribution in [0.25, 0.3) is 0 Å². The summed E-state index contributed by atoms with van der Waals surface area (Å²) < 4.78 is 15.9. The first-order valence-corrected chi connectivity index (χ1v) is 5.85. The Balaban J connectivity index is 2.26. The molecule has 1 aliphatic rings. The molecule has 94 valence electrons. The van der Waals surface area contributed by atoms with E-state index in [1.165, 1.54) is 19.3 Å². The summed E-state index contributed by atoms with van der Waals surface area (Å²) in [6, 6.07) is 4.47. The fourth-order valence-electron chi connectivity index (χ4n) is 1.95. The molecular weight excluding hydrogens is 218 g/mol. The highest BCUT2D eigenvalue weighted by Gasteiger charge is 2.19. The molecule has 1 fully saturated rings. The number of hydrogen-bond acceptors (Lipinski definition) is 4. The van der Waals surface area contributed by atoms with Gasteiger partial charge in [-0.15, -0.1) is 0 Å². The molecule has 1 aliphatic carbocycles. The summed E-state index contributed by atoms with van der Waals surface area (Å²) in [6.45, 7) is 0. The quantitative estimate of drug-likeness (QED) is 0.854. The zero-order valence-electron chi connectivity index (χ0n) is 10.6. The highest BCUT2D eigenvalue weighted by atomic mass is 16.5.